The van der Waals surface area contributed by atoms with Crippen molar-refractivity contribution in [2.75, 3.05) is 19.7 Å². The molecule has 4 nitrogen and oxygen atoms in total. The SMILES string of the molecule is CC[C@@H](N)C(=O)N1CCC(CO)C1. The van der Waals surface area contributed by atoms with E-state index in [9.17, 15) is 4.79 Å². The van der Waals surface area contributed by atoms with Gasteiger partial charge in [0.15, 0.2) is 0 Å². The molecule has 0 aromatic rings. The van der Waals surface area contributed by atoms with Gasteiger partial charge in [0.05, 0.1) is 6.04 Å². The first kappa shape index (κ1) is 10.5. The summed E-state index contributed by atoms with van der Waals surface area (Å²) < 4.78 is 0. The summed E-state index contributed by atoms with van der Waals surface area (Å²) >= 11 is 0. The van der Waals surface area contributed by atoms with Crippen LogP contribution in [0.15, 0.2) is 0 Å². The molecule has 1 heterocycles. The first-order chi connectivity index (χ1) is 6.19. The average Bonchev–Trinajstić information content (AvgIpc) is 2.63. The quantitative estimate of drug-likeness (QED) is 0.628. The molecule has 1 amide bonds. The molecule has 0 aliphatic carbocycles. The van der Waals surface area contributed by atoms with Gasteiger partial charge < -0.3 is 15.7 Å². The van der Waals surface area contributed by atoms with Crippen molar-refractivity contribution in [3.05, 3.63) is 0 Å². The van der Waals surface area contributed by atoms with E-state index in [1.54, 1.807) is 4.90 Å². The van der Waals surface area contributed by atoms with E-state index in [4.69, 9.17) is 10.8 Å². The lowest BCUT2D eigenvalue weighted by molar-refractivity contribution is -0.131. The fourth-order valence-electron chi connectivity index (χ4n) is 1.59. The van der Waals surface area contributed by atoms with Crippen molar-refractivity contribution in [1.29, 1.82) is 0 Å². The second-order valence-electron chi connectivity index (χ2n) is 3.64. The number of aliphatic hydroxyl groups is 1. The standard InChI is InChI=1S/C9H18N2O2/c1-2-8(10)9(13)11-4-3-7(5-11)6-12/h7-8,12H,2-6,10H2,1H3/t7?,8-/m1/s1. The Kier molecular flexibility index (Phi) is 3.69. The Morgan fingerprint density at radius 2 is 2.46 bits per heavy atom. The van der Waals surface area contributed by atoms with Crippen molar-refractivity contribution >= 4 is 5.91 Å². The van der Waals surface area contributed by atoms with E-state index in [1.807, 2.05) is 6.92 Å². The van der Waals surface area contributed by atoms with Crippen LogP contribution in [0.5, 0.6) is 0 Å². The van der Waals surface area contributed by atoms with Crippen molar-refractivity contribution < 1.29 is 9.90 Å². The highest BCUT2D eigenvalue weighted by Gasteiger charge is 2.27. The first-order valence-electron chi connectivity index (χ1n) is 4.84. The zero-order chi connectivity index (χ0) is 9.84. The normalized spacial score (nSPS) is 24.8. The molecule has 3 N–H and O–H groups in total. The van der Waals surface area contributed by atoms with Crippen molar-refractivity contribution in [2.24, 2.45) is 11.7 Å². The maximum Gasteiger partial charge on any atom is 0.239 e. The minimum Gasteiger partial charge on any atom is -0.396 e. The summed E-state index contributed by atoms with van der Waals surface area (Å²) in [7, 11) is 0. The molecular weight excluding hydrogens is 168 g/mol. The largest absolute Gasteiger partial charge is 0.396 e. The van der Waals surface area contributed by atoms with Gasteiger partial charge in [-0.3, -0.25) is 4.79 Å². The van der Waals surface area contributed by atoms with Gasteiger partial charge in [-0.1, -0.05) is 6.92 Å². The Morgan fingerprint density at radius 1 is 1.77 bits per heavy atom. The van der Waals surface area contributed by atoms with Crippen LogP contribution in [0.3, 0.4) is 0 Å². The van der Waals surface area contributed by atoms with Crippen molar-refractivity contribution in [3.63, 3.8) is 0 Å². The summed E-state index contributed by atoms with van der Waals surface area (Å²) in [6.07, 6.45) is 1.58. The number of nitrogens with two attached hydrogens (primary N) is 1. The highest BCUT2D eigenvalue weighted by Crippen LogP contribution is 2.16. The fraction of sp³-hybridized carbons (Fsp3) is 0.889. The van der Waals surface area contributed by atoms with Gasteiger partial charge in [-0.05, 0) is 12.8 Å². The predicted molar refractivity (Wildman–Crippen MR) is 50.0 cm³/mol. The number of rotatable bonds is 3. The average molecular weight is 186 g/mol. The van der Waals surface area contributed by atoms with E-state index in [0.29, 0.717) is 13.0 Å². The lowest BCUT2D eigenvalue weighted by Crippen LogP contribution is -2.42. The minimum atomic E-state index is -0.363. The van der Waals surface area contributed by atoms with Crippen LogP contribution in [-0.4, -0.2) is 41.7 Å². The third kappa shape index (κ3) is 2.42. The fourth-order valence-corrected chi connectivity index (χ4v) is 1.59. The Balaban J connectivity index is 2.41. The van der Waals surface area contributed by atoms with Crippen LogP contribution in [-0.2, 0) is 4.79 Å². The van der Waals surface area contributed by atoms with Gasteiger partial charge in [-0.15, -0.1) is 0 Å². The predicted octanol–water partition coefficient (Wildman–Crippen LogP) is -0.435. The molecule has 13 heavy (non-hydrogen) atoms. The number of likely N-dealkylation sites (tertiary alicyclic amines) is 1. The summed E-state index contributed by atoms with van der Waals surface area (Å²) in [5, 5.41) is 8.89. The molecule has 1 rings (SSSR count). The van der Waals surface area contributed by atoms with Crippen molar-refractivity contribution in [2.45, 2.75) is 25.8 Å². The van der Waals surface area contributed by atoms with Crippen LogP contribution in [0.2, 0.25) is 0 Å². The van der Waals surface area contributed by atoms with Crippen molar-refractivity contribution in [3.8, 4) is 0 Å². The van der Waals surface area contributed by atoms with Gasteiger partial charge in [0.1, 0.15) is 0 Å². The van der Waals surface area contributed by atoms with E-state index in [2.05, 4.69) is 0 Å². The van der Waals surface area contributed by atoms with E-state index >= 15 is 0 Å². The number of nitrogens with zero attached hydrogens (tertiary/aromatic N) is 1. The Labute approximate surface area is 78.7 Å². The van der Waals surface area contributed by atoms with Crippen LogP contribution in [0.1, 0.15) is 19.8 Å². The smallest absolute Gasteiger partial charge is 0.239 e. The Morgan fingerprint density at radius 3 is 2.92 bits per heavy atom. The number of hydrogen-bond donors (Lipinski definition) is 2. The summed E-state index contributed by atoms with van der Waals surface area (Å²) in [4.78, 5) is 13.3. The van der Waals surface area contributed by atoms with Gasteiger partial charge in [-0.2, -0.15) is 0 Å². The maximum atomic E-state index is 11.6. The van der Waals surface area contributed by atoms with E-state index < -0.39 is 0 Å². The molecule has 0 saturated carbocycles. The third-order valence-electron chi connectivity index (χ3n) is 2.61. The lowest BCUT2D eigenvalue weighted by atomic mass is 10.1. The topological polar surface area (TPSA) is 66.6 Å². The van der Waals surface area contributed by atoms with Crippen molar-refractivity contribution in [1.82, 2.24) is 4.90 Å². The Bertz CT molecular complexity index is 184. The molecule has 0 aromatic carbocycles. The molecule has 4 heteroatoms. The van der Waals surface area contributed by atoms with E-state index in [1.165, 1.54) is 0 Å². The molecule has 0 aromatic heterocycles. The Hall–Kier alpha value is -0.610. The van der Waals surface area contributed by atoms with Gasteiger partial charge in [0.25, 0.3) is 0 Å². The summed E-state index contributed by atoms with van der Waals surface area (Å²) in [5.74, 6) is 0.284. The molecule has 2 atom stereocenters. The van der Waals surface area contributed by atoms with Crippen LogP contribution >= 0.6 is 0 Å². The van der Waals surface area contributed by atoms with Crippen LogP contribution < -0.4 is 5.73 Å². The molecule has 76 valence electrons. The number of aliphatic hydroxyl groups excluding tert-OH is 1. The number of carbonyl (C=O) groups is 1. The zero-order valence-corrected chi connectivity index (χ0v) is 8.07. The molecular formula is C9H18N2O2. The third-order valence-corrected chi connectivity index (χ3v) is 2.61. The van der Waals surface area contributed by atoms with Gasteiger partial charge in [0.2, 0.25) is 5.91 Å². The first-order valence-corrected chi connectivity index (χ1v) is 4.84. The molecule has 1 fully saturated rings. The molecule has 0 radical (unpaired) electrons. The summed E-state index contributed by atoms with van der Waals surface area (Å²) in [6, 6.07) is -0.363. The monoisotopic (exact) mass is 186 g/mol. The van der Waals surface area contributed by atoms with Gasteiger partial charge >= 0.3 is 0 Å². The summed E-state index contributed by atoms with van der Waals surface area (Å²) in [5.41, 5.74) is 5.63. The number of amides is 1. The second kappa shape index (κ2) is 4.58. The number of carbonyl (C=O) groups excluding carboxylic acids is 1. The summed E-state index contributed by atoms with van der Waals surface area (Å²) in [6.45, 7) is 3.49. The zero-order valence-electron chi connectivity index (χ0n) is 8.07. The molecule has 1 aliphatic heterocycles. The highest BCUT2D eigenvalue weighted by molar-refractivity contribution is 5.81. The molecule has 1 unspecified atom stereocenters. The number of hydrogen-bond acceptors (Lipinski definition) is 3. The second-order valence-corrected chi connectivity index (χ2v) is 3.64. The molecule has 0 spiro atoms. The van der Waals surface area contributed by atoms with Crippen LogP contribution in [0.25, 0.3) is 0 Å². The molecule has 0 bridgehead atoms. The lowest BCUT2D eigenvalue weighted by Gasteiger charge is -2.19. The van der Waals surface area contributed by atoms with Gasteiger partial charge in [-0.25, -0.2) is 0 Å². The minimum absolute atomic E-state index is 0.0263. The highest BCUT2D eigenvalue weighted by atomic mass is 16.3. The van der Waals surface area contributed by atoms with Crippen LogP contribution in [0, 0.1) is 5.92 Å². The maximum absolute atomic E-state index is 11.6. The van der Waals surface area contributed by atoms with Crippen LogP contribution in [0.4, 0.5) is 0 Å². The molecule has 1 aliphatic rings. The molecule has 1 saturated heterocycles. The van der Waals surface area contributed by atoms with E-state index in [0.717, 1.165) is 13.0 Å². The van der Waals surface area contributed by atoms with E-state index in [-0.39, 0.29) is 24.5 Å². The van der Waals surface area contributed by atoms with Gasteiger partial charge in [0, 0.05) is 25.6 Å².